The Bertz CT molecular complexity index is 1320. The highest BCUT2D eigenvalue weighted by Crippen LogP contribution is 2.32. The molecule has 0 spiro atoms. The molecule has 0 saturated carbocycles. The number of hydrogen-bond donors (Lipinski definition) is 0. The average molecular weight is 551 g/mol. The van der Waals surface area contributed by atoms with E-state index in [2.05, 4.69) is 0 Å². The Morgan fingerprint density at radius 2 is 1.68 bits per heavy atom. The SMILES string of the molecule is O=S(=O)(c1ccc(Cl)cc1)N(Cc1ccccc1OCCC[N+]1([O-])CCCCC1)c1cc(F)ccc1F. The lowest BCUT2D eigenvalue weighted by Crippen LogP contribution is -2.47. The Morgan fingerprint density at radius 1 is 0.973 bits per heavy atom. The second kappa shape index (κ2) is 11.8. The van der Waals surface area contributed by atoms with Gasteiger partial charge in [0.15, 0.2) is 0 Å². The van der Waals surface area contributed by atoms with Crippen molar-refractivity contribution in [3.05, 3.63) is 94.2 Å². The van der Waals surface area contributed by atoms with Crippen LogP contribution in [0.5, 0.6) is 5.75 Å². The van der Waals surface area contributed by atoms with Crippen LogP contribution in [0.1, 0.15) is 31.2 Å². The fourth-order valence-corrected chi connectivity index (χ4v) is 6.06. The Morgan fingerprint density at radius 3 is 2.41 bits per heavy atom. The van der Waals surface area contributed by atoms with E-state index in [4.69, 9.17) is 16.3 Å². The third-order valence-electron chi connectivity index (χ3n) is 6.46. The number of benzene rings is 3. The van der Waals surface area contributed by atoms with Crippen molar-refractivity contribution in [2.45, 2.75) is 37.1 Å². The molecule has 1 fully saturated rings. The summed E-state index contributed by atoms with van der Waals surface area (Å²) in [7, 11) is -4.30. The number of nitrogens with zero attached hydrogens (tertiary/aromatic N) is 2. The molecule has 37 heavy (non-hydrogen) atoms. The first-order valence-corrected chi connectivity index (χ1v) is 14.0. The maximum atomic E-state index is 14.8. The average Bonchev–Trinajstić information content (AvgIpc) is 2.88. The minimum absolute atomic E-state index is 0.120. The highest BCUT2D eigenvalue weighted by molar-refractivity contribution is 7.92. The first kappa shape index (κ1) is 27.3. The Balaban J connectivity index is 1.58. The molecule has 0 amide bonds. The van der Waals surface area contributed by atoms with Crippen molar-refractivity contribution >= 4 is 27.3 Å². The molecule has 1 aliphatic heterocycles. The fourth-order valence-electron chi connectivity index (χ4n) is 4.49. The van der Waals surface area contributed by atoms with Crippen LogP contribution in [0.15, 0.2) is 71.6 Å². The number of hydroxylamine groups is 3. The monoisotopic (exact) mass is 550 g/mol. The highest BCUT2D eigenvalue weighted by Gasteiger charge is 2.29. The van der Waals surface area contributed by atoms with Crippen LogP contribution >= 0.6 is 11.6 Å². The van der Waals surface area contributed by atoms with Crippen LogP contribution in [0.2, 0.25) is 5.02 Å². The quantitative estimate of drug-likeness (QED) is 0.169. The third kappa shape index (κ3) is 6.78. The summed E-state index contributed by atoms with van der Waals surface area (Å²) in [6, 6.07) is 14.9. The van der Waals surface area contributed by atoms with Crippen molar-refractivity contribution in [2.75, 3.05) is 30.5 Å². The van der Waals surface area contributed by atoms with E-state index in [0.29, 0.717) is 42.4 Å². The summed E-state index contributed by atoms with van der Waals surface area (Å²) in [5, 5.41) is 13.1. The third-order valence-corrected chi connectivity index (χ3v) is 8.49. The lowest BCUT2D eigenvalue weighted by atomic mass is 10.1. The molecule has 4 rings (SSSR count). The summed E-state index contributed by atoms with van der Waals surface area (Å²) >= 11 is 5.92. The zero-order valence-electron chi connectivity index (χ0n) is 20.3. The number of hydrogen-bond acceptors (Lipinski definition) is 4. The maximum absolute atomic E-state index is 14.8. The number of piperidine rings is 1. The van der Waals surface area contributed by atoms with Gasteiger partial charge >= 0.3 is 0 Å². The van der Waals surface area contributed by atoms with Gasteiger partial charge in [-0.3, -0.25) is 4.31 Å². The van der Waals surface area contributed by atoms with Gasteiger partial charge in [0.05, 0.1) is 43.4 Å². The van der Waals surface area contributed by atoms with E-state index < -0.39 is 27.3 Å². The van der Waals surface area contributed by atoms with Crippen LogP contribution in [0.3, 0.4) is 0 Å². The standard InChI is InChI=1S/C27H29ClF2N2O4S/c28-22-9-12-24(13-10-22)37(34,35)31(26-19-23(29)11-14-25(26)30)20-21-7-2-3-8-27(21)36-18-6-17-32(33)15-4-1-5-16-32/h2-3,7-14,19H,1,4-6,15-18,20H2. The van der Waals surface area contributed by atoms with E-state index in [1.165, 1.54) is 24.3 Å². The van der Waals surface area contributed by atoms with Crippen LogP contribution in [0.4, 0.5) is 14.5 Å². The normalized spacial score (nSPS) is 15.4. The van der Waals surface area contributed by atoms with Crippen molar-refractivity contribution in [3.63, 3.8) is 0 Å². The van der Waals surface area contributed by atoms with Gasteiger partial charge in [0, 0.05) is 23.1 Å². The second-order valence-corrected chi connectivity index (χ2v) is 11.5. The summed E-state index contributed by atoms with van der Waals surface area (Å²) in [5.41, 5.74) is 0.0420. The van der Waals surface area contributed by atoms with Gasteiger partial charge in [0.1, 0.15) is 17.4 Å². The van der Waals surface area contributed by atoms with Gasteiger partial charge in [-0.05, 0) is 61.7 Å². The maximum Gasteiger partial charge on any atom is 0.264 e. The number of likely N-dealkylation sites (tertiary alicyclic amines) is 1. The smallest absolute Gasteiger partial charge is 0.264 e. The van der Waals surface area contributed by atoms with Crippen LogP contribution in [0.25, 0.3) is 0 Å². The van der Waals surface area contributed by atoms with E-state index in [1.54, 1.807) is 24.3 Å². The molecule has 6 nitrogen and oxygen atoms in total. The van der Waals surface area contributed by atoms with Crippen molar-refractivity contribution in [3.8, 4) is 5.75 Å². The zero-order valence-corrected chi connectivity index (χ0v) is 21.9. The van der Waals surface area contributed by atoms with Crippen LogP contribution in [0, 0.1) is 16.8 Å². The summed E-state index contributed by atoms with van der Waals surface area (Å²) in [5.74, 6) is -1.25. The predicted octanol–water partition coefficient (Wildman–Crippen LogP) is 6.28. The molecule has 0 N–H and O–H groups in total. The van der Waals surface area contributed by atoms with Crippen molar-refractivity contribution in [1.82, 2.24) is 0 Å². The Kier molecular flexibility index (Phi) is 8.69. The van der Waals surface area contributed by atoms with E-state index >= 15 is 0 Å². The fraction of sp³-hybridized carbons (Fsp3) is 0.333. The first-order valence-electron chi connectivity index (χ1n) is 12.2. The van der Waals surface area contributed by atoms with Crippen LogP contribution in [-0.4, -0.2) is 39.3 Å². The molecule has 3 aromatic carbocycles. The first-order chi connectivity index (χ1) is 17.7. The molecule has 198 valence electrons. The highest BCUT2D eigenvalue weighted by atomic mass is 35.5. The number of para-hydroxylation sites is 1. The van der Waals surface area contributed by atoms with E-state index in [-0.39, 0.29) is 22.7 Å². The van der Waals surface area contributed by atoms with Crippen molar-refractivity contribution < 1.29 is 26.6 Å². The van der Waals surface area contributed by atoms with Crippen LogP contribution in [-0.2, 0) is 16.6 Å². The molecule has 1 aliphatic rings. The Hall–Kier alpha value is -2.72. The topological polar surface area (TPSA) is 69.7 Å². The minimum Gasteiger partial charge on any atom is -0.633 e. The van der Waals surface area contributed by atoms with Gasteiger partial charge in [-0.1, -0.05) is 29.8 Å². The van der Waals surface area contributed by atoms with E-state index in [1.807, 2.05) is 0 Å². The largest absolute Gasteiger partial charge is 0.633 e. The molecule has 3 aromatic rings. The van der Waals surface area contributed by atoms with Crippen LogP contribution < -0.4 is 9.04 Å². The van der Waals surface area contributed by atoms with Gasteiger partial charge in [-0.25, -0.2) is 17.2 Å². The molecular formula is C27H29ClF2N2O4S. The number of ether oxygens (including phenoxy) is 1. The molecule has 0 aromatic heterocycles. The molecule has 1 saturated heterocycles. The summed E-state index contributed by atoms with van der Waals surface area (Å²) in [6.07, 6.45) is 3.50. The van der Waals surface area contributed by atoms with E-state index in [0.717, 1.165) is 41.8 Å². The molecule has 0 aliphatic carbocycles. The Labute approximate surface area is 221 Å². The number of sulfonamides is 1. The van der Waals surface area contributed by atoms with Gasteiger partial charge in [-0.2, -0.15) is 0 Å². The summed E-state index contributed by atoms with van der Waals surface area (Å²) in [6.45, 7) is 1.66. The van der Waals surface area contributed by atoms with Gasteiger partial charge < -0.3 is 14.6 Å². The number of anilines is 1. The van der Waals surface area contributed by atoms with Crippen molar-refractivity contribution in [1.29, 1.82) is 0 Å². The van der Waals surface area contributed by atoms with E-state index in [9.17, 15) is 22.4 Å². The molecule has 10 heteroatoms. The zero-order chi connectivity index (χ0) is 26.5. The number of quaternary nitrogens is 1. The molecule has 0 bridgehead atoms. The summed E-state index contributed by atoms with van der Waals surface area (Å²) in [4.78, 5) is -0.120. The molecule has 0 atom stereocenters. The molecule has 0 radical (unpaired) electrons. The predicted molar refractivity (Wildman–Crippen MR) is 140 cm³/mol. The molecule has 1 heterocycles. The second-order valence-electron chi connectivity index (χ2n) is 9.16. The van der Waals surface area contributed by atoms with Gasteiger partial charge in [0.2, 0.25) is 0 Å². The molecular weight excluding hydrogens is 522 g/mol. The number of rotatable bonds is 10. The van der Waals surface area contributed by atoms with Gasteiger partial charge in [0.25, 0.3) is 10.0 Å². The number of halogens is 3. The lowest BCUT2D eigenvalue weighted by molar-refractivity contribution is -0.885. The minimum atomic E-state index is -4.30. The van der Waals surface area contributed by atoms with Gasteiger partial charge in [-0.15, -0.1) is 0 Å². The lowest BCUT2D eigenvalue weighted by Gasteiger charge is -2.45. The summed E-state index contributed by atoms with van der Waals surface area (Å²) < 4.78 is 62.7. The molecule has 0 unspecified atom stereocenters. The van der Waals surface area contributed by atoms with Crippen molar-refractivity contribution in [2.24, 2.45) is 0 Å².